The normalized spacial score (nSPS) is 23.9. The van der Waals surface area contributed by atoms with Crippen LogP contribution in [0.25, 0.3) is 10.4 Å². The SMILES string of the molecule is CN1CCCC1CCCN=[N+]=[N-]. The van der Waals surface area contributed by atoms with E-state index in [0.29, 0.717) is 6.54 Å². The number of likely N-dealkylation sites (tertiary alicyclic amines) is 1. The molecular formula is C8H16N4. The van der Waals surface area contributed by atoms with Crippen molar-refractivity contribution in [1.29, 1.82) is 0 Å². The lowest BCUT2D eigenvalue weighted by Gasteiger charge is -2.18. The molecule has 1 aliphatic heterocycles. The Morgan fingerprint density at radius 3 is 3.08 bits per heavy atom. The first-order chi connectivity index (χ1) is 5.84. The molecule has 0 radical (unpaired) electrons. The maximum Gasteiger partial charge on any atom is 0.0258 e. The van der Waals surface area contributed by atoms with E-state index in [-0.39, 0.29) is 0 Å². The zero-order chi connectivity index (χ0) is 8.81. The molecule has 12 heavy (non-hydrogen) atoms. The summed E-state index contributed by atoms with van der Waals surface area (Å²) in [5.74, 6) is 0. The van der Waals surface area contributed by atoms with Crippen LogP contribution in [0.15, 0.2) is 5.11 Å². The number of rotatable bonds is 4. The van der Waals surface area contributed by atoms with Gasteiger partial charge in [-0.25, -0.2) is 0 Å². The van der Waals surface area contributed by atoms with Crippen molar-refractivity contribution in [3.63, 3.8) is 0 Å². The topological polar surface area (TPSA) is 52.0 Å². The average Bonchev–Trinajstić information content (AvgIpc) is 2.46. The molecule has 0 aromatic rings. The molecular weight excluding hydrogens is 152 g/mol. The third-order valence-electron chi connectivity index (χ3n) is 2.53. The quantitative estimate of drug-likeness (QED) is 0.275. The summed E-state index contributed by atoms with van der Waals surface area (Å²) in [6, 6.07) is 0.735. The molecule has 0 amide bonds. The first-order valence-corrected chi connectivity index (χ1v) is 4.55. The van der Waals surface area contributed by atoms with Gasteiger partial charge in [0.15, 0.2) is 0 Å². The molecule has 0 bridgehead atoms. The van der Waals surface area contributed by atoms with Crippen LogP contribution in [0, 0.1) is 0 Å². The maximum absolute atomic E-state index is 8.06. The van der Waals surface area contributed by atoms with Gasteiger partial charge in [-0.3, -0.25) is 0 Å². The van der Waals surface area contributed by atoms with Crippen LogP contribution in [-0.4, -0.2) is 31.1 Å². The highest BCUT2D eigenvalue weighted by atomic mass is 15.1. The zero-order valence-electron chi connectivity index (χ0n) is 7.61. The van der Waals surface area contributed by atoms with Crippen molar-refractivity contribution < 1.29 is 0 Å². The molecule has 0 aliphatic carbocycles. The van der Waals surface area contributed by atoms with Gasteiger partial charge in [-0.2, -0.15) is 0 Å². The van der Waals surface area contributed by atoms with Crippen molar-refractivity contribution in [2.45, 2.75) is 31.7 Å². The fourth-order valence-corrected chi connectivity index (χ4v) is 1.79. The summed E-state index contributed by atoms with van der Waals surface area (Å²) in [6.07, 6.45) is 4.84. The Kier molecular flexibility index (Phi) is 3.91. The van der Waals surface area contributed by atoms with Crippen molar-refractivity contribution >= 4 is 0 Å². The molecule has 0 aromatic heterocycles. The molecule has 4 heteroatoms. The monoisotopic (exact) mass is 168 g/mol. The molecule has 0 spiro atoms. The van der Waals surface area contributed by atoms with Gasteiger partial charge in [0.2, 0.25) is 0 Å². The number of hydrogen-bond acceptors (Lipinski definition) is 2. The summed E-state index contributed by atoms with van der Waals surface area (Å²) in [5, 5.41) is 3.52. The van der Waals surface area contributed by atoms with E-state index in [9.17, 15) is 0 Å². The maximum atomic E-state index is 8.06. The molecule has 68 valence electrons. The van der Waals surface area contributed by atoms with Crippen LogP contribution < -0.4 is 0 Å². The van der Waals surface area contributed by atoms with Crippen molar-refractivity contribution in [2.24, 2.45) is 5.11 Å². The van der Waals surface area contributed by atoms with E-state index in [1.807, 2.05) is 0 Å². The second-order valence-corrected chi connectivity index (χ2v) is 3.37. The molecule has 0 N–H and O–H groups in total. The molecule has 1 atom stereocenters. The fourth-order valence-electron chi connectivity index (χ4n) is 1.79. The van der Waals surface area contributed by atoms with Gasteiger partial charge < -0.3 is 4.90 Å². The second kappa shape index (κ2) is 5.01. The van der Waals surface area contributed by atoms with Gasteiger partial charge in [0, 0.05) is 17.5 Å². The van der Waals surface area contributed by atoms with E-state index in [0.717, 1.165) is 12.5 Å². The lowest BCUT2D eigenvalue weighted by molar-refractivity contribution is 0.293. The largest absolute Gasteiger partial charge is 0.303 e. The van der Waals surface area contributed by atoms with Crippen LogP contribution in [0.5, 0.6) is 0 Å². The molecule has 0 saturated carbocycles. The summed E-state index contributed by atoms with van der Waals surface area (Å²) in [4.78, 5) is 5.13. The van der Waals surface area contributed by atoms with Crippen molar-refractivity contribution in [3.8, 4) is 0 Å². The first kappa shape index (κ1) is 9.36. The van der Waals surface area contributed by atoms with E-state index >= 15 is 0 Å². The molecule has 4 nitrogen and oxygen atoms in total. The standard InChI is InChI=1S/C8H16N4/c1-12-7-3-5-8(12)4-2-6-10-11-9/h8H,2-7H2,1H3. The average molecular weight is 168 g/mol. The molecule has 1 unspecified atom stereocenters. The van der Waals surface area contributed by atoms with Crippen LogP contribution in [0.1, 0.15) is 25.7 Å². The minimum atomic E-state index is 0.654. The van der Waals surface area contributed by atoms with Gasteiger partial charge >= 0.3 is 0 Å². The fraction of sp³-hybridized carbons (Fsp3) is 1.00. The predicted octanol–water partition coefficient (Wildman–Crippen LogP) is 2.17. The van der Waals surface area contributed by atoms with Crippen LogP contribution in [-0.2, 0) is 0 Å². The van der Waals surface area contributed by atoms with Gasteiger partial charge in [0.1, 0.15) is 0 Å². The summed E-state index contributed by atoms with van der Waals surface area (Å²) in [7, 11) is 2.17. The van der Waals surface area contributed by atoms with Crippen LogP contribution >= 0.6 is 0 Å². The predicted molar refractivity (Wildman–Crippen MR) is 48.9 cm³/mol. The van der Waals surface area contributed by atoms with Gasteiger partial charge in [-0.05, 0) is 44.8 Å². The van der Waals surface area contributed by atoms with Gasteiger partial charge in [-0.15, -0.1) is 0 Å². The number of nitrogens with zero attached hydrogens (tertiary/aromatic N) is 4. The highest BCUT2D eigenvalue weighted by Crippen LogP contribution is 2.18. The summed E-state index contributed by atoms with van der Waals surface area (Å²) >= 11 is 0. The lowest BCUT2D eigenvalue weighted by atomic mass is 10.1. The molecule has 1 rings (SSSR count). The third-order valence-corrected chi connectivity index (χ3v) is 2.53. The molecule has 1 aliphatic rings. The summed E-state index contributed by atoms with van der Waals surface area (Å²) in [6.45, 7) is 1.88. The number of azide groups is 1. The van der Waals surface area contributed by atoms with Crippen LogP contribution in [0.2, 0.25) is 0 Å². The van der Waals surface area contributed by atoms with E-state index in [1.54, 1.807) is 0 Å². The second-order valence-electron chi connectivity index (χ2n) is 3.37. The molecule has 1 saturated heterocycles. The molecule has 1 heterocycles. The zero-order valence-corrected chi connectivity index (χ0v) is 7.61. The lowest BCUT2D eigenvalue weighted by Crippen LogP contribution is -2.24. The third kappa shape index (κ3) is 2.72. The van der Waals surface area contributed by atoms with E-state index in [1.165, 1.54) is 25.8 Å². The highest BCUT2D eigenvalue weighted by Gasteiger charge is 2.19. The summed E-state index contributed by atoms with van der Waals surface area (Å²) in [5.41, 5.74) is 8.06. The Morgan fingerprint density at radius 2 is 2.50 bits per heavy atom. The van der Waals surface area contributed by atoms with Crippen LogP contribution in [0.3, 0.4) is 0 Å². The Morgan fingerprint density at radius 1 is 1.67 bits per heavy atom. The van der Waals surface area contributed by atoms with Crippen molar-refractivity contribution in [3.05, 3.63) is 10.4 Å². The van der Waals surface area contributed by atoms with Crippen molar-refractivity contribution in [1.82, 2.24) is 4.90 Å². The van der Waals surface area contributed by atoms with E-state index < -0.39 is 0 Å². The Hall–Kier alpha value is -0.730. The smallest absolute Gasteiger partial charge is 0.0258 e. The van der Waals surface area contributed by atoms with Gasteiger partial charge in [0.05, 0.1) is 0 Å². The Balaban J connectivity index is 2.09. The van der Waals surface area contributed by atoms with E-state index in [4.69, 9.17) is 5.53 Å². The molecule has 1 fully saturated rings. The molecule has 0 aromatic carbocycles. The minimum Gasteiger partial charge on any atom is -0.303 e. The van der Waals surface area contributed by atoms with E-state index in [2.05, 4.69) is 22.0 Å². The van der Waals surface area contributed by atoms with Crippen molar-refractivity contribution in [2.75, 3.05) is 20.1 Å². The minimum absolute atomic E-state index is 0.654. The first-order valence-electron chi connectivity index (χ1n) is 4.55. The van der Waals surface area contributed by atoms with Gasteiger partial charge in [-0.1, -0.05) is 5.11 Å². The Labute approximate surface area is 73.2 Å². The number of hydrogen-bond donors (Lipinski definition) is 0. The summed E-state index contributed by atoms with van der Waals surface area (Å²) < 4.78 is 0. The van der Waals surface area contributed by atoms with Gasteiger partial charge in [0.25, 0.3) is 0 Å². The Bertz CT molecular complexity index is 174. The van der Waals surface area contributed by atoms with Crippen LogP contribution in [0.4, 0.5) is 0 Å². The highest BCUT2D eigenvalue weighted by molar-refractivity contribution is 4.76.